The van der Waals surface area contributed by atoms with E-state index in [2.05, 4.69) is 10.6 Å². The number of nitrogens with one attached hydrogen (secondary N) is 2. The Morgan fingerprint density at radius 1 is 1.23 bits per heavy atom. The predicted molar refractivity (Wildman–Crippen MR) is 86.2 cm³/mol. The molecule has 120 valence electrons. The molecule has 0 saturated heterocycles. The van der Waals surface area contributed by atoms with Crippen molar-refractivity contribution in [1.82, 2.24) is 5.32 Å². The molecule has 2 unspecified atom stereocenters. The summed E-state index contributed by atoms with van der Waals surface area (Å²) in [5, 5.41) is 6.25. The molecule has 2 atom stereocenters. The maximum atomic E-state index is 12.1. The van der Waals surface area contributed by atoms with Crippen LogP contribution in [-0.4, -0.2) is 32.1 Å². The lowest BCUT2D eigenvalue weighted by Gasteiger charge is -2.09. The molecule has 1 aromatic carbocycles. The number of hydrogen-bond donors (Lipinski definition) is 2. The van der Waals surface area contributed by atoms with Crippen molar-refractivity contribution >= 4 is 40.7 Å². The van der Waals surface area contributed by atoms with E-state index < -0.39 is 0 Å². The number of halogens is 2. The van der Waals surface area contributed by atoms with Crippen molar-refractivity contribution in [3.8, 4) is 0 Å². The fourth-order valence-corrected chi connectivity index (χ4v) is 2.66. The highest BCUT2D eigenvalue weighted by molar-refractivity contribution is 6.39. The molecule has 1 aromatic rings. The van der Waals surface area contributed by atoms with Crippen molar-refractivity contribution in [2.45, 2.75) is 12.8 Å². The molecule has 2 rings (SSSR count). The average Bonchev–Trinajstić information content (AvgIpc) is 3.28. The van der Waals surface area contributed by atoms with Crippen molar-refractivity contribution < 1.29 is 14.3 Å². The molecular weight excluding hydrogens is 327 g/mol. The average molecular weight is 345 g/mol. The molecule has 0 spiro atoms. The topological polar surface area (TPSA) is 67.4 Å². The highest BCUT2D eigenvalue weighted by Gasteiger charge is 2.48. The van der Waals surface area contributed by atoms with Crippen LogP contribution in [0, 0.1) is 11.8 Å². The number of carbonyl (C=O) groups excluding carboxylic acids is 2. The Balaban J connectivity index is 1.82. The second-order valence-electron chi connectivity index (χ2n) is 5.17. The van der Waals surface area contributed by atoms with Crippen molar-refractivity contribution in [2.24, 2.45) is 11.8 Å². The van der Waals surface area contributed by atoms with Gasteiger partial charge in [-0.25, -0.2) is 0 Å². The molecule has 0 bridgehead atoms. The lowest BCUT2D eigenvalue weighted by Crippen LogP contribution is -2.28. The van der Waals surface area contributed by atoms with E-state index in [1.54, 1.807) is 25.3 Å². The molecule has 1 aliphatic carbocycles. The van der Waals surface area contributed by atoms with Gasteiger partial charge in [0, 0.05) is 20.3 Å². The number of anilines is 1. The number of methoxy groups -OCH3 is 1. The second kappa shape index (κ2) is 7.81. The molecule has 0 aliphatic heterocycles. The van der Waals surface area contributed by atoms with Crippen molar-refractivity contribution in [1.29, 1.82) is 0 Å². The largest absolute Gasteiger partial charge is 0.385 e. The van der Waals surface area contributed by atoms with E-state index >= 15 is 0 Å². The van der Waals surface area contributed by atoms with E-state index in [9.17, 15) is 9.59 Å². The van der Waals surface area contributed by atoms with Crippen molar-refractivity contribution in [3.05, 3.63) is 28.2 Å². The monoisotopic (exact) mass is 344 g/mol. The van der Waals surface area contributed by atoms with E-state index in [1.165, 1.54) is 0 Å². The Morgan fingerprint density at radius 3 is 2.50 bits per heavy atom. The second-order valence-corrected chi connectivity index (χ2v) is 5.99. The van der Waals surface area contributed by atoms with Gasteiger partial charge in [-0.2, -0.15) is 0 Å². The van der Waals surface area contributed by atoms with Crippen LogP contribution in [0.25, 0.3) is 0 Å². The van der Waals surface area contributed by atoms with Crippen LogP contribution in [0.3, 0.4) is 0 Å². The van der Waals surface area contributed by atoms with Gasteiger partial charge in [0.15, 0.2) is 0 Å². The Bertz CT molecular complexity index is 545. The van der Waals surface area contributed by atoms with Crippen LogP contribution in [0.5, 0.6) is 0 Å². The van der Waals surface area contributed by atoms with Crippen LogP contribution in [0.4, 0.5) is 5.69 Å². The highest BCUT2D eigenvalue weighted by atomic mass is 35.5. The third-order valence-electron chi connectivity index (χ3n) is 3.50. The molecule has 5 nitrogen and oxygen atoms in total. The van der Waals surface area contributed by atoms with Crippen LogP contribution in [-0.2, 0) is 14.3 Å². The highest BCUT2D eigenvalue weighted by Crippen LogP contribution is 2.40. The van der Waals surface area contributed by atoms with Crippen LogP contribution >= 0.6 is 23.2 Å². The summed E-state index contributed by atoms with van der Waals surface area (Å²) >= 11 is 12.0. The normalized spacial score (nSPS) is 19.6. The number of para-hydroxylation sites is 1. The molecule has 1 saturated carbocycles. The van der Waals surface area contributed by atoms with E-state index in [0.29, 0.717) is 35.3 Å². The number of amides is 2. The summed E-state index contributed by atoms with van der Waals surface area (Å²) in [7, 11) is 1.61. The Kier molecular flexibility index (Phi) is 6.06. The molecule has 2 amide bonds. The smallest absolute Gasteiger partial charge is 0.228 e. The number of benzene rings is 1. The number of ether oxygens (including phenoxy) is 1. The van der Waals surface area contributed by atoms with Crippen LogP contribution in [0.1, 0.15) is 12.8 Å². The molecule has 1 aliphatic rings. The first-order valence-electron chi connectivity index (χ1n) is 7.06. The van der Waals surface area contributed by atoms with E-state index in [1.807, 2.05) is 0 Å². The van der Waals surface area contributed by atoms with Gasteiger partial charge >= 0.3 is 0 Å². The lowest BCUT2D eigenvalue weighted by molar-refractivity contribution is -0.125. The first kappa shape index (κ1) is 17.1. The molecular formula is C15H18Cl2N2O3. The molecule has 0 heterocycles. The quantitative estimate of drug-likeness (QED) is 0.747. The Hall–Kier alpha value is -1.30. The van der Waals surface area contributed by atoms with Gasteiger partial charge in [-0.1, -0.05) is 29.3 Å². The molecule has 1 fully saturated rings. The van der Waals surface area contributed by atoms with Crippen LogP contribution < -0.4 is 10.6 Å². The van der Waals surface area contributed by atoms with Crippen LogP contribution in [0.2, 0.25) is 10.0 Å². The third-order valence-corrected chi connectivity index (χ3v) is 4.13. The number of rotatable bonds is 7. The third kappa shape index (κ3) is 4.35. The zero-order valence-electron chi connectivity index (χ0n) is 12.2. The Labute approximate surface area is 139 Å². The summed E-state index contributed by atoms with van der Waals surface area (Å²) in [5.74, 6) is -0.924. The Morgan fingerprint density at radius 2 is 1.86 bits per heavy atom. The van der Waals surface area contributed by atoms with Gasteiger partial charge in [0.05, 0.1) is 27.6 Å². The summed E-state index contributed by atoms with van der Waals surface area (Å²) in [6.45, 7) is 1.15. The van der Waals surface area contributed by atoms with Gasteiger partial charge in [-0.3, -0.25) is 9.59 Å². The lowest BCUT2D eigenvalue weighted by atomic mass is 10.2. The van der Waals surface area contributed by atoms with Gasteiger partial charge in [0.2, 0.25) is 11.8 Å². The van der Waals surface area contributed by atoms with E-state index in [-0.39, 0.29) is 23.7 Å². The summed E-state index contributed by atoms with van der Waals surface area (Å²) in [4.78, 5) is 24.0. The molecule has 2 N–H and O–H groups in total. The SMILES string of the molecule is COCCCNC(=O)C1CC1C(=O)Nc1c(Cl)cccc1Cl. The molecule has 22 heavy (non-hydrogen) atoms. The molecule has 7 heteroatoms. The predicted octanol–water partition coefficient (Wildman–Crippen LogP) is 2.72. The van der Waals surface area contributed by atoms with E-state index in [0.717, 1.165) is 6.42 Å². The zero-order chi connectivity index (χ0) is 16.1. The summed E-state index contributed by atoms with van der Waals surface area (Å²) in [6, 6.07) is 5.00. The maximum absolute atomic E-state index is 12.1. The summed E-state index contributed by atoms with van der Waals surface area (Å²) in [6.07, 6.45) is 1.30. The summed E-state index contributed by atoms with van der Waals surface area (Å²) < 4.78 is 4.91. The minimum atomic E-state index is -0.324. The van der Waals surface area contributed by atoms with E-state index in [4.69, 9.17) is 27.9 Å². The van der Waals surface area contributed by atoms with Gasteiger partial charge < -0.3 is 15.4 Å². The molecule has 0 radical (unpaired) electrons. The maximum Gasteiger partial charge on any atom is 0.228 e. The zero-order valence-corrected chi connectivity index (χ0v) is 13.7. The van der Waals surface area contributed by atoms with Gasteiger partial charge in [-0.05, 0) is 25.0 Å². The van der Waals surface area contributed by atoms with Crippen molar-refractivity contribution in [2.75, 3.05) is 25.6 Å². The molecule has 0 aromatic heterocycles. The van der Waals surface area contributed by atoms with Crippen molar-refractivity contribution in [3.63, 3.8) is 0 Å². The van der Waals surface area contributed by atoms with Gasteiger partial charge in [-0.15, -0.1) is 0 Å². The first-order valence-corrected chi connectivity index (χ1v) is 7.81. The van der Waals surface area contributed by atoms with Gasteiger partial charge in [0.25, 0.3) is 0 Å². The number of hydrogen-bond acceptors (Lipinski definition) is 3. The minimum absolute atomic E-state index is 0.0958. The minimum Gasteiger partial charge on any atom is -0.385 e. The fraction of sp³-hybridized carbons (Fsp3) is 0.467. The standard InChI is InChI=1S/C15H18Cl2N2O3/c1-22-7-3-6-18-14(20)9-8-10(9)15(21)19-13-11(16)4-2-5-12(13)17/h2,4-5,9-10H,3,6-8H2,1H3,(H,18,20)(H,19,21). The summed E-state index contributed by atoms with van der Waals surface area (Å²) in [5.41, 5.74) is 0.391. The number of carbonyl (C=O) groups is 2. The first-order chi connectivity index (χ1) is 10.5. The van der Waals surface area contributed by atoms with Crippen LogP contribution in [0.15, 0.2) is 18.2 Å². The van der Waals surface area contributed by atoms with Gasteiger partial charge in [0.1, 0.15) is 0 Å². The fourth-order valence-electron chi connectivity index (χ4n) is 2.17.